The lowest BCUT2D eigenvalue weighted by atomic mass is 9.82. The van der Waals surface area contributed by atoms with Gasteiger partial charge in [-0.2, -0.15) is 5.26 Å². The predicted octanol–water partition coefficient (Wildman–Crippen LogP) is 4.48. The van der Waals surface area contributed by atoms with Crippen molar-refractivity contribution < 1.29 is 9.53 Å². The number of aromatic amines is 1. The number of rotatable bonds is 1. The molecule has 1 aromatic heterocycles. The van der Waals surface area contributed by atoms with E-state index in [1.165, 1.54) is 0 Å². The van der Waals surface area contributed by atoms with E-state index in [9.17, 15) is 10.1 Å². The van der Waals surface area contributed by atoms with Gasteiger partial charge in [-0.1, -0.05) is 12.1 Å². The zero-order valence-electron chi connectivity index (χ0n) is 18.5. The van der Waals surface area contributed by atoms with Gasteiger partial charge in [0.25, 0.3) is 0 Å². The molecule has 3 aromatic rings. The number of nitrogens with zero attached hydrogens (tertiary/aromatic N) is 4. The zero-order chi connectivity index (χ0) is 22.3. The summed E-state index contributed by atoms with van der Waals surface area (Å²) in [4.78, 5) is 24.7. The number of imidazole rings is 1. The van der Waals surface area contributed by atoms with Crippen molar-refractivity contribution in [3.8, 4) is 22.9 Å². The van der Waals surface area contributed by atoms with E-state index in [0.29, 0.717) is 32.8 Å². The summed E-state index contributed by atoms with van der Waals surface area (Å²) in [5.41, 5.74) is 4.83. The second-order valence-electron chi connectivity index (χ2n) is 9.09. The van der Waals surface area contributed by atoms with E-state index in [4.69, 9.17) is 4.74 Å². The molecule has 2 amide bonds. The van der Waals surface area contributed by atoms with Crippen LogP contribution in [0.25, 0.3) is 22.2 Å². The van der Waals surface area contributed by atoms with Gasteiger partial charge < -0.3 is 19.5 Å². The molecule has 7 heteroatoms. The topological polar surface area (TPSA) is 85.2 Å². The highest BCUT2D eigenvalue weighted by molar-refractivity contribution is 5.82. The van der Waals surface area contributed by atoms with Crippen LogP contribution in [-0.2, 0) is 6.54 Å². The number of fused-ring (bicyclic) bond motifs is 2. The molecule has 1 saturated heterocycles. The summed E-state index contributed by atoms with van der Waals surface area (Å²) in [5.74, 6) is 1.73. The van der Waals surface area contributed by atoms with Crippen LogP contribution < -0.4 is 4.74 Å². The molecule has 5 rings (SSSR count). The normalized spacial score (nSPS) is 17.9. The number of likely N-dealkylation sites (tertiary alicyclic amines) is 1. The average molecular weight is 430 g/mol. The summed E-state index contributed by atoms with van der Waals surface area (Å²) >= 11 is 0. The number of carbonyl (C=O) groups is 1. The molecule has 0 aliphatic carbocycles. The van der Waals surface area contributed by atoms with Crippen molar-refractivity contribution in [1.29, 1.82) is 5.26 Å². The Labute approximate surface area is 187 Å². The summed E-state index contributed by atoms with van der Waals surface area (Å²) in [6.45, 7) is 6.71. The maximum atomic E-state index is 13.2. The molecule has 2 aromatic carbocycles. The molecule has 2 aliphatic heterocycles. The molecule has 1 N–H and O–H groups in total. The van der Waals surface area contributed by atoms with E-state index in [1.54, 1.807) is 0 Å². The molecule has 0 radical (unpaired) electrons. The van der Waals surface area contributed by atoms with Gasteiger partial charge in [0.05, 0.1) is 35.6 Å². The van der Waals surface area contributed by atoms with Crippen LogP contribution >= 0.6 is 0 Å². The summed E-state index contributed by atoms with van der Waals surface area (Å²) in [6.07, 6.45) is 1.44. The van der Waals surface area contributed by atoms with Crippen LogP contribution in [0.4, 0.5) is 4.79 Å². The number of piperidine rings is 1. The first-order chi connectivity index (χ1) is 15.4. The van der Waals surface area contributed by atoms with Gasteiger partial charge in [-0.05, 0) is 62.1 Å². The van der Waals surface area contributed by atoms with Crippen molar-refractivity contribution >= 4 is 17.1 Å². The number of amides is 2. The van der Waals surface area contributed by atoms with Gasteiger partial charge in [0, 0.05) is 18.7 Å². The van der Waals surface area contributed by atoms with Gasteiger partial charge in [-0.15, -0.1) is 0 Å². The summed E-state index contributed by atoms with van der Waals surface area (Å²) < 4.78 is 5.96. The van der Waals surface area contributed by atoms with Gasteiger partial charge in [0.15, 0.2) is 0 Å². The van der Waals surface area contributed by atoms with E-state index in [-0.39, 0.29) is 11.4 Å². The number of urea groups is 1. The predicted molar refractivity (Wildman–Crippen MR) is 122 cm³/mol. The minimum Gasteiger partial charge on any atom is -0.491 e. The third-order valence-corrected chi connectivity index (χ3v) is 6.65. The Balaban J connectivity index is 1.37. The highest BCUT2D eigenvalue weighted by Gasteiger charge is 2.34. The van der Waals surface area contributed by atoms with Crippen LogP contribution in [-0.4, -0.2) is 52.0 Å². The largest absolute Gasteiger partial charge is 0.491 e. The molecule has 0 unspecified atom stereocenters. The molecular formula is C25H27N5O2. The molecule has 3 heterocycles. The van der Waals surface area contributed by atoms with Crippen LogP contribution in [0.5, 0.6) is 5.75 Å². The zero-order valence-corrected chi connectivity index (χ0v) is 18.5. The first-order valence-corrected chi connectivity index (χ1v) is 11.1. The SMILES string of the molecule is Cc1nc2ccc(-c3ccc4c(c3)CN(C(=O)N3CCC(C)(C#N)CC3)CCO4)cc2[nH]1. The van der Waals surface area contributed by atoms with Gasteiger partial charge in [0.2, 0.25) is 0 Å². The van der Waals surface area contributed by atoms with E-state index < -0.39 is 0 Å². The fourth-order valence-corrected chi connectivity index (χ4v) is 4.56. The summed E-state index contributed by atoms with van der Waals surface area (Å²) in [5, 5.41) is 9.36. The number of benzene rings is 2. The molecule has 1 fully saturated rings. The van der Waals surface area contributed by atoms with Gasteiger partial charge in [-0.25, -0.2) is 9.78 Å². The van der Waals surface area contributed by atoms with Gasteiger partial charge in [-0.3, -0.25) is 0 Å². The fraction of sp³-hybridized carbons (Fsp3) is 0.400. The molecular weight excluding hydrogens is 402 g/mol. The Kier molecular flexibility index (Phi) is 5.01. The Morgan fingerprint density at radius 2 is 1.88 bits per heavy atom. The number of nitrogens with one attached hydrogen (secondary N) is 1. The lowest BCUT2D eigenvalue weighted by Crippen LogP contribution is -2.48. The molecule has 0 bridgehead atoms. The maximum absolute atomic E-state index is 13.2. The minimum absolute atomic E-state index is 0.0289. The molecule has 0 saturated carbocycles. The highest BCUT2D eigenvalue weighted by atomic mass is 16.5. The molecule has 7 nitrogen and oxygen atoms in total. The second-order valence-corrected chi connectivity index (χ2v) is 9.09. The first kappa shape index (κ1) is 20.4. The average Bonchev–Trinajstić information content (AvgIpc) is 3.04. The van der Waals surface area contributed by atoms with Crippen molar-refractivity contribution in [1.82, 2.24) is 19.8 Å². The lowest BCUT2D eigenvalue weighted by molar-refractivity contribution is 0.118. The number of hydrogen-bond donors (Lipinski definition) is 1. The first-order valence-electron chi connectivity index (χ1n) is 11.1. The van der Waals surface area contributed by atoms with E-state index in [1.807, 2.05) is 35.8 Å². The monoisotopic (exact) mass is 429 g/mol. The van der Waals surface area contributed by atoms with Crippen molar-refractivity contribution in [2.45, 2.75) is 33.2 Å². The smallest absolute Gasteiger partial charge is 0.320 e. The van der Waals surface area contributed by atoms with Crippen molar-refractivity contribution in [2.24, 2.45) is 5.41 Å². The van der Waals surface area contributed by atoms with Crippen LogP contribution in [0.3, 0.4) is 0 Å². The van der Waals surface area contributed by atoms with Crippen molar-refractivity contribution in [2.75, 3.05) is 26.2 Å². The maximum Gasteiger partial charge on any atom is 0.320 e. The fourth-order valence-electron chi connectivity index (χ4n) is 4.56. The number of ether oxygens (including phenoxy) is 1. The number of H-pyrrole nitrogens is 1. The minimum atomic E-state index is -0.325. The number of aryl methyl sites for hydroxylation is 1. The third kappa shape index (κ3) is 3.77. The van der Waals surface area contributed by atoms with Crippen LogP contribution in [0.15, 0.2) is 36.4 Å². The van der Waals surface area contributed by atoms with E-state index >= 15 is 0 Å². The Hall–Kier alpha value is -3.53. The molecule has 164 valence electrons. The Morgan fingerprint density at radius 1 is 1.12 bits per heavy atom. The lowest BCUT2D eigenvalue weighted by Gasteiger charge is -2.37. The highest BCUT2D eigenvalue weighted by Crippen LogP contribution is 2.33. The third-order valence-electron chi connectivity index (χ3n) is 6.65. The number of hydrogen-bond acceptors (Lipinski definition) is 4. The molecule has 0 atom stereocenters. The Morgan fingerprint density at radius 3 is 2.66 bits per heavy atom. The quantitative estimate of drug-likeness (QED) is 0.618. The standard InChI is InChI=1S/C25H27N5O2/c1-17-27-21-5-3-19(14-22(21)28-17)18-4-6-23-20(13-18)15-30(11-12-32-23)24(31)29-9-7-25(2,16-26)8-10-29/h3-6,13-14H,7-12,15H2,1-2H3,(H,27,28). The van der Waals surface area contributed by atoms with Crippen molar-refractivity contribution in [3.63, 3.8) is 0 Å². The van der Waals surface area contributed by atoms with Crippen molar-refractivity contribution in [3.05, 3.63) is 47.8 Å². The molecule has 2 aliphatic rings. The number of carbonyl (C=O) groups excluding carboxylic acids is 1. The Bertz CT molecular complexity index is 1220. The summed E-state index contributed by atoms with van der Waals surface area (Å²) in [7, 11) is 0. The van der Waals surface area contributed by atoms with Gasteiger partial charge in [0.1, 0.15) is 18.2 Å². The number of aromatic nitrogens is 2. The van der Waals surface area contributed by atoms with Crippen LogP contribution in [0.1, 0.15) is 31.2 Å². The van der Waals surface area contributed by atoms with E-state index in [2.05, 4.69) is 40.3 Å². The molecule has 0 spiro atoms. The second kappa shape index (κ2) is 7.86. The summed E-state index contributed by atoms with van der Waals surface area (Å²) in [6, 6.07) is 14.8. The van der Waals surface area contributed by atoms with Crippen LogP contribution in [0, 0.1) is 23.7 Å². The number of nitriles is 1. The van der Waals surface area contributed by atoms with E-state index in [0.717, 1.165) is 52.1 Å². The molecule has 32 heavy (non-hydrogen) atoms. The van der Waals surface area contributed by atoms with Crippen LogP contribution in [0.2, 0.25) is 0 Å². The van der Waals surface area contributed by atoms with Gasteiger partial charge >= 0.3 is 6.03 Å².